The number of carbonyl (C=O) groups is 1. The van der Waals surface area contributed by atoms with Crippen molar-refractivity contribution in [2.75, 3.05) is 0 Å². The first kappa shape index (κ1) is 15.1. The maximum Gasteiger partial charge on any atom is 0.270 e. The third-order valence-electron chi connectivity index (χ3n) is 4.13. The molecule has 0 saturated carbocycles. The van der Waals surface area contributed by atoms with E-state index in [4.69, 9.17) is 0 Å². The van der Waals surface area contributed by atoms with Crippen molar-refractivity contribution in [3.05, 3.63) is 94.5 Å². The van der Waals surface area contributed by atoms with Gasteiger partial charge in [-0.1, -0.05) is 42.5 Å². The Balaban J connectivity index is 1.57. The van der Waals surface area contributed by atoms with Crippen LogP contribution in [-0.4, -0.2) is 15.3 Å². The second-order valence-corrected chi connectivity index (χ2v) is 5.77. The first-order valence-electron chi connectivity index (χ1n) is 7.95. The molecule has 2 aromatic heterocycles. The van der Waals surface area contributed by atoms with Gasteiger partial charge in [0.25, 0.3) is 11.5 Å². The van der Waals surface area contributed by atoms with Gasteiger partial charge in [-0.3, -0.25) is 14.0 Å². The van der Waals surface area contributed by atoms with Crippen LogP contribution in [0.5, 0.6) is 0 Å². The lowest BCUT2D eigenvalue weighted by molar-refractivity contribution is 0.0949. The third kappa shape index (κ3) is 2.87. The van der Waals surface area contributed by atoms with E-state index in [-0.39, 0.29) is 11.1 Å². The molecule has 2 heterocycles. The van der Waals surface area contributed by atoms with Crippen LogP contribution in [0.3, 0.4) is 0 Å². The zero-order chi connectivity index (χ0) is 17.2. The predicted octanol–water partition coefficient (Wildman–Crippen LogP) is 2.78. The van der Waals surface area contributed by atoms with Crippen LogP contribution >= 0.6 is 0 Å². The molecular weight excluding hydrogens is 314 g/mol. The summed E-state index contributed by atoms with van der Waals surface area (Å²) < 4.78 is 1.37. The summed E-state index contributed by atoms with van der Waals surface area (Å²) in [5.74, 6) is -0.427. The quantitative estimate of drug-likeness (QED) is 0.629. The molecule has 0 bridgehead atoms. The van der Waals surface area contributed by atoms with E-state index in [0.29, 0.717) is 12.2 Å². The Bertz CT molecular complexity index is 1150. The molecule has 0 fully saturated rings. The largest absolute Gasteiger partial charge is 0.348 e. The van der Waals surface area contributed by atoms with Crippen molar-refractivity contribution in [2.45, 2.75) is 6.54 Å². The minimum Gasteiger partial charge on any atom is -0.348 e. The average molecular weight is 329 g/mol. The van der Waals surface area contributed by atoms with E-state index in [1.165, 1.54) is 10.6 Å². The number of rotatable bonds is 3. The van der Waals surface area contributed by atoms with E-state index < -0.39 is 5.91 Å². The van der Waals surface area contributed by atoms with Crippen molar-refractivity contribution in [3.8, 4) is 0 Å². The minimum atomic E-state index is -0.427. The maximum absolute atomic E-state index is 12.4. The zero-order valence-corrected chi connectivity index (χ0v) is 13.3. The van der Waals surface area contributed by atoms with Crippen LogP contribution in [-0.2, 0) is 6.54 Å². The van der Waals surface area contributed by atoms with Crippen molar-refractivity contribution in [1.29, 1.82) is 0 Å². The molecule has 5 heteroatoms. The van der Waals surface area contributed by atoms with Crippen molar-refractivity contribution >= 4 is 22.3 Å². The Labute approximate surface area is 143 Å². The van der Waals surface area contributed by atoms with Gasteiger partial charge in [0.05, 0.1) is 0 Å². The van der Waals surface area contributed by atoms with Crippen molar-refractivity contribution in [2.24, 2.45) is 0 Å². The number of nitrogens with zero attached hydrogens (tertiary/aromatic N) is 2. The summed E-state index contributed by atoms with van der Waals surface area (Å²) in [7, 11) is 0. The molecule has 0 unspecified atom stereocenters. The smallest absolute Gasteiger partial charge is 0.270 e. The molecule has 5 nitrogen and oxygen atoms in total. The lowest BCUT2D eigenvalue weighted by atomic mass is 10.1. The lowest BCUT2D eigenvalue weighted by Gasteiger charge is -2.07. The molecular formula is C20H15N3O2. The number of pyridine rings is 1. The molecule has 25 heavy (non-hydrogen) atoms. The molecule has 1 amide bonds. The number of hydrogen-bond donors (Lipinski definition) is 1. The van der Waals surface area contributed by atoms with Crippen LogP contribution in [0.2, 0.25) is 0 Å². The van der Waals surface area contributed by atoms with Gasteiger partial charge in [-0.05, 0) is 34.5 Å². The van der Waals surface area contributed by atoms with E-state index in [9.17, 15) is 9.59 Å². The molecule has 0 aliphatic heterocycles. The molecule has 4 rings (SSSR count). The highest BCUT2D eigenvalue weighted by molar-refractivity contribution is 5.93. The van der Waals surface area contributed by atoms with E-state index in [1.54, 1.807) is 24.4 Å². The van der Waals surface area contributed by atoms with Crippen LogP contribution in [0.1, 0.15) is 15.9 Å². The predicted molar refractivity (Wildman–Crippen MR) is 96.6 cm³/mol. The van der Waals surface area contributed by atoms with Gasteiger partial charge < -0.3 is 5.32 Å². The number of carbonyl (C=O) groups excluding carboxylic acids is 1. The Morgan fingerprint density at radius 3 is 2.68 bits per heavy atom. The van der Waals surface area contributed by atoms with Crippen molar-refractivity contribution < 1.29 is 4.79 Å². The van der Waals surface area contributed by atoms with E-state index in [2.05, 4.69) is 10.3 Å². The standard InChI is InChI=1S/C20H15N3O2/c24-19(17-13-21-18-7-3-4-10-23(18)20(17)25)22-12-14-8-9-15-5-1-2-6-16(15)11-14/h1-11,13H,12H2,(H,22,24). The van der Waals surface area contributed by atoms with Gasteiger partial charge in [0, 0.05) is 18.9 Å². The summed E-state index contributed by atoms with van der Waals surface area (Å²) in [5, 5.41) is 5.05. The number of aromatic nitrogens is 2. The van der Waals surface area contributed by atoms with Gasteiger partial charge in [0.2, 0.25) is 0 Å². The van der Waals surface area contributed by atoms with Crippen LogP contribution < -0.4 is 10.9 Å². The maximum atomic E-state index is 12.4. The van der Waals surface area contributed by atoms with Crippen LogP contribution in [0.15, 0.2) is 77.9 Å². The summed E-state index contributed by atoms with van der Waals surface area (Å²) in [5.41, 5.74) is 1.14. The number of hydrogen-bond acceptors (Lipinski definition) is 3. The number of nitrogens with one attached hydrogen (secondary N) is 1. The molecule has 2 aromatic carbocycles. The normalized spacial score (nSPS) is 10.9. The topological polar surface area (TPSA) is 63.5 Å². The molecule has 1 N–H and O–H groups in total. The Morgan fingerprint density at radius 1 is 1.00 bits per heavy atom. The molecule has 0 aliphatic rings. The second kappa shape index (κ2) is 6.20. The number of benzene rings is 2. The molecule has 122 valence electrons. The first-order valence-corrected chi connectivity index (χ1v) is 7.95. The Morgan fingerprint density at radius 2 is 1.80 bits per heavy atom. The fourth-order valence-electron chi connectivity index (χ4n) is 2.81. The van der Waals surface area contributed by atoms with Gasteiger partial charge in [0.15, 0.2) is 0 Å². The number of fused-ring (bicyclic) bond motifs is 2. The van der Waals surface area contributed by atoms with Gasteiger partial charge in [-0.2, -0.15) is 0 Å². The van der Waals surface area contributed by atoms with E-state index >= 15 is 0 Å². The van der Waals surface area contributed by atoms with Gasteiger partial charge >= 0.3 is 0 Å². The van der Waals surface area contributed by atoms with Gasteiger partial charge in [-0.25, -0.2) is 4.98 Å². The van der Waals surface area contributed by atoms with Crippen LogP contribution in [0.25, 0.3) is 16.4 Å². The molecule has 0 spiro atoms. The van der Waals surface area contributed by atoms with Crippen molar-refractivity contribution in [3.63, 3.8) is 0 Å². The fraction of sp³-hybridized carbons (Fsp3) is 0.0500. The van der Waals surface area contributed by atoms with Crippen LogP contribution in [0.4, 0.5) is 0 Å². The molecule has 0 aliphatic carbocycles. The Hall–Kier alpha value is -3.47. The SMILES string of the molecule is O=C(NCc1ccc2ccccc2c1)c1cnc2ccccn2c1=O. The Kier molecular flexibility index (Phi) is 3.74. The first-order chi connectivity index (χ1) is 12.2. The fourth-order valence-corrected chi connectivity index (χ4v) is 2.81. The highest BCUT2D eigenvalue weighted by Gasteiger charge is 2.12. The third-order valence-corrected chi connectivity index (χ3v) is 4.13. The summed E-state index contributed by atoms with van der Waals surface area (Å²) in [6.07, 6.45) is 2.93. The molecule has 0 saturated heterocycles. The van der Waals surface area contributed by atoms with E-state index in [0.717, 1.165) is 16.3 Å². The van der Waals surface area contributed by atoms with Crippen molar-refractivity contribution in [1.82, 2.24) is 14.7 Å². The van der Waals surface area contributed by atoms with Gasteiger partial charge in [0.1, 0.15) is 11.2 Å². The monoisotopic (exact) mass is 329 g/mol. The number of amides is 1. The summed E-state index contributed by atoms with van der Waals surface area (Å²) in [6, 6.07) is 19.3. The summed E-state index contributed by atoms with van der Waals surface area (Å²) in [6.45, 7) is 0.348. The zero-order valence-electron chi connectivity index (χ0n) is 13.3. The summed E-state index contributed by atoms with van der Waals surface area (Å²) in [4.78, 5) is 29.0. The van der Waals surface area contributed by atoms with E-state index in [1.807, 2.05) is 42.5 Å². The highest BCUT2D eigenvalue weighted by Crippen LogP contribution is 2.15. The highest BCUT2D eigenvalue weighted by atomic mass is 16.2. The molecule has 0 atom stereocenters. The van der Waals surface area contributed by atoms with Crippen LogP contribution in [0, 0.1) is 0 Å². The second-order valence-electron chi connectivity index (χ2n) is 5.77. The summed E-state index contributed by atoms with van der Waals surface area (Å²) >= 11 is 0. The lowest BCUT2D eigenvalue weighted by Crippen LogP contribution is -2.31. The van der Waals surface area contributed by atoms with Gasteiger partial charge in [-0.15, -0.1) is 0 Å². The minimum absolute atomic E-state index is 0.0319. The molecule has 4 aromatic rings. The molecule has 0 radical (unpaired) electrons. The average Bonchev–Trinajstić information content (AvgIpc) is 2.66.